The fourth-order valence-corrected chi connectivity index (χ4v) is 2.18. The van der Waals surface area contributed by atoms with E-state index in [9.17, 15) is 4.39 Å². The Morgan fingerprint density at radius 1 is 1.38 bits per heavy atom. The molecule has 0 bridgehead atoms. The van der Waals surface area contributed by atoms with E-state index in [1.165, 1.54) is 18.9 Å². The second-order valence-corrected chi connectivity index (χ2v) is 4.64. The Kier molecular flexibility index (Phi) is 3.70. The van der Waals surface area contributed by atoms with Gasteiger partial charge in [-0.05, 0) is 43.0 Å². The summed E-state index contributed by atoms with van der Waals surface area (Å²) in [6, 6.07) is 5.74. The molecule has 3 heteroatoms. The number of halogens is 2. The van der Waals surface area contributed by atoms with Crippen molar-refractivity contribution in [1.29, 1.82) is 0 Å². The molecular formula is C13H17ClFN. The fraction of sp³-hybridized carbons (Fsp3) is 0.538. The van der Waals surface area contributed by atoms with Crippen LogP contribution in [0.2, 0.25) is 0 Å². The number of alkyl halides is 1. The summed E-state index contributed by atoms with van der Waals surface area (Å²) in [7, 11) is 0. The molecule has 0 N–H and O–H groups in total. The molecule has 2 rings (SSSR count). The van der Waals surface area contributed by atoms with E-state index in [-0.39, 0.29) is 5.82 Å². The third kappa shape index (κ3) is 2.67. The Labute approximate surface area is 101 Å². The Balaban J connectivity index is 2.25. The second kappa shape index (κ2) is 5.05. The lowest BCUT2D eigenvalue weighted by molar-refractivity contribution is 0.624. The minimum Gasteiger partial charge on any atom is -0.368 e. The standard InChI is InChI=1S/C13H17ClFN/c1-2-5-16(12-3-4-12)13-7-10(9-14)6-11(15)8-13/h6-8,12H,2-5,9H2,1H3. The van der Waals surface area contributed by atoms with Crippen LogP contribution in [0.4, 0.5) is 10.1 Å². The Bertz CT molecular complexity index is 363. The predicted molar refractivity (Wildman–Crippen MR) is 66.6 cm³/mol. The fourth-order valence-electron chi connectivity index (χ4n) is 2.03. The van der Waals surface area contributed by atoms with Crippen LogP contribution in [0.5, 0.6) is 0 Å². The van der Waals surface area contributed by atoms with Crippen molar-refractivity contribution < 1.29 is 4.39 Å². The molecule has 0 unspecified atom stereocenters. The molecule has 0 aromatic heterocycles. The lowest BCUT2D eigenvalue weighted by Gasteiger charge is -2.24. The van der Waals surface area contributed by atoms with Crippen molar-refractivity contribution in [2.45, 2.75) is 38.1 Å². The SMILES string of the molecule is CCCN(c1cc(F)cc(CCl)c1)C1CC1. The van der Waals surface area contributed by atoms with Crippen LogP contribution in [0.1, 0.15) is 31.7 Å². The monoisotopic (exact) mass is 241 g/mol. The summed E-state index contributed by atoms with van der Waals surface area (Å²) in [5.74, 6) is 0.185. The van der Waals surface area contributed by atoms with E-state index in [4.69, 9.17) is 11.6 Å². The van der Waals surface area contributed by atoms with Crippen LogP contribution in [0.15, 0.2) is 18.2 Å². The molecule has 1 nitrogen and oxygen atoms in total. The van der Waals surface area contributed by atoms with Gasteiger partial charge in [-0.3, -0.25) is 0 Å². The highest BCUT2D eigenvalue weighted by Crippen LogP contribution is 2.32. The van der Waals surface area contributed by atoms with Gasteiger partial charge in [0.2, 0.25) is 0 Å². The minimum absolute atomic E-state index is 0.185. The van der Waals surface area contributed by atoms with E-state index in [1.807, 2.05) is 6.07 Å². The van der Waals surface area contributed by atoms with Gasteiger partial charge in [0.15, 0.2) is 0 Å². The quantitative estimate of drug-likeness (QED) is 0.706. The van der Waals surface area contributed by atoms with Gasteiger partial charge in [0.25, 0.3) is 0 Å². The van der Waals surface area contributed by atoms with Crippen LogP contribution in [0.3, 0.4) is 0 Å². The van der Waals surface area contributed by atoms with Crippen LogP contribution in [-0.4, -0.2) is 12.6 Å². The number of hydrogen-bond donors (Lipinski definition) is 0. The zero-order chi connectivity index (χ0) is 11.5. The van der Waals surface area contributed by atoms with E-state index < -0.39 is 0 Å². The third-order valence-corrected chi connectivity index (χ3v) is 3.19. The molecular weight excluding hydrogens is 225 g/mol. The molecule has 0 heterocycles. The molecule has 1 aromatic carbocycles. The van der Waals surface area contributed by atoms with Gasteiger partial charge in [-0.2, -0.15) is 0 Å². The predicted octanol–water partition coefficient (Wildman–Crippen LogP) is 3.94. The maximum absolute atomic E-state index is 13.4. The van der Waals surface area contributed by atoms with E-state index >= 15 is 0 Å². The van der Waals surface area contributed by atoms with Crippen molar-refractivity contribution in [1.82, 2.24) is 0 Å². The van der Waals surface area contributed by atoms with Crippen LogP contribution < -0.4 is 4.90 Å². The molecule has 1 aliphatic rings. The Morgan fingerprint density at radius 2 is 2.12 bits per heavy atom. The van der Waals surface area contributed by atoms with Crippen molar-refractivity contribution in [3.8, 4) is 0 Å². The maximum atomic E-state index is 13.4. The molecule has 16 heavy (non-hydrogen) atoms. The number of hydrogen-bond acceptors (Lipinski definition) is 1. The largest absolute Gasteiger partial charge is 0.368 e. The Morgan fingerprint density at radius 3 is 2.69 bits per heavy atom. The van der Waals surface area contributed by atoms with Gasteiger partial charge in [-0.25, -0.2) is 4.39 Å². The number of anilines is 1. The average molecular weight is 242 g/mol. The summed E-state index contributed by atoms with van der Waals surface area (Å²) in [4.78, 5) is 2.30. The van der Waals surface area contributed by atoms with Crippen molar-refractivity contribution >= 4 is 17.3 Å². The van der Waals surface area contributed by atoms with Crippen LogP contribution in [0.25, 0.3) is 0 Å². The lowest BCUT2D eigenvalue weighted by Crippen LogP contribution is -2.26. The van der Waals surface area contributed by atoms with Gasteiger partial charge in [0.1, 0.15) is 5.82 Å². The molecule has 0 spiro atoms. The van der Waals surface area contributed by atoms with Crippen molar-refractivity contribution in [3.63, 3.8) is 0 Å². The summed E-state index contributed by atoms with van der Waals surface area (Å²) in [6.45, 7) is 3.15. The topological polar surface area (TPSA) is 3.24 Å². The summed E-state index contributed by atoms with van der Waals surface area (Å²) < 4.78 is 13.4. The number of nitrogens with zero attached hydrogens (tertiary/aromatic N) is 1. The van der Waals surface area contributed by atoms with Crippen molar-refractivity contribution in [3.05, 3.63) is 29.6 Å². The van der Waals surface area contributed by atoms with Crippen LogP contribution in [-0.2, 0) is 5.88 Å². The highest BCUT2D eigenvalue weighted by Gasteiger charge is 2.28. The molecule has 1 fully saturated rings. The number of benzene rings is 1. The zero-order valence-electron chi connectivity index (χ0n) is 9.55. The molecule has 1 aliphatic carbocycles. The molecule has 0 radical (unpaired) electrons. The summed E-state index contributed by atoms with van der Waals surface area (Å²) in [6.07, 6.45) is 3.54. The van der Waals surface area contributed by atoms with Gasteiger partial charge >= 0.3 is 0 Å². The first-order valence-corrected chi connectivity index (χ1v) is 6.40. The van der Waals surface area contributed by atoms with Crippen LogP contribution in [0, 0.1) is 5.82 Å². The molecule has 1 aromatic rings. The first kappa shape index (κ1) is 11.7. The highest BCUT2D eigenvalue weighted by atomic mass is 35.5. The molecule has 0 atom stereocenters. The molecule has 0 saturated heterocycles. The van der Waals surface area contributed by atoms with Crippen molar-refractivity contribution in [2.24, 2.45) is 0 Å². The van der Waals surface area contributed by atoms with E-state index in [0.29, 0.717) is 11.9 Å². The van der Waals surface area contributed by atoms with Gasteiger partial charge in [-0.1, -0.05) is 6.92 Å². The summed E-state index contributed by atoms with van der Waals surface area (Å²) in [5.41, 5.74) is 1.85. The van der Waals surface area contributed by atoms with E-state index in [0.717, 1.165) is 24.2 Å². The summed E-state index contributed by atoms with van der Waals surface area (Å²) >= 11 is 5.76. The molecule has 0 aliphatic heterocycles. The van der Waals surface area contributed by atoms with E-state index in [1.54, 1.807) is 6.07 Å². The summed E-state index contributed by atoms with van der Waals surface area (Å²) in [5, 5.41) is 0. The molecule has 0 amide bonds. The first-order chi connectivity index (χ1) is 7.74. The zero-order valence-corrected chi connectivity index (χ0v) is 10.3. The van der Waals surface area contributed by atoms with Gasteiger partial charge in [0, 0.05) is 24.2 Å². The highest BCUT2D eigenvalue weighted by molar-refractivity contribution is 6.17. The maximum Gasteiger partial charge on any atom is 0.125 e. The second-order valence-electron chi connectivity index (χ2n) is 4.38. The van der Waals surface area contributed by atoms with Gasteiger partial charge in [0.05, 0.1) is 0 Å². The van der Waals surface area contributed by atoms with E-state index in [2.05, 4.69) is 11.8 Å². The van der Waals surface area contributed by atoms with Crippen LogP contribution >= 0.6 is 11.6 Å². The van der Waals surface area contributed by atoms with Gasteiger partial charge in [-0.15, -0.1) is 11.6 Å². The average Bonchev–Trinajstić information content (AvgIpc) is 3.08. The molecule has 88 valence electrons. The minimum atomic E-state index is -0.185. The van der Waals surface area contributed by atoms with Gasteiger partial charge < -0.3 is 4.90 Å². The number of rotatable bonds is 5. The van der Waals surface area contributed by atoms with Crippen molar-refractivity contribution in [2.75, 3.05) is 11.4 Å². The third-order valence-electron chi connectivity index (χ3n) is 2.88. The Hall–Kier alpha value is -0.760. The molecule has 1 saturated carbocycles. The lowest BCUT2D eigenvalue weighted by atomic mass is 10.2. The smallest absolute Gasteiger partial charge is 0.125 e. The first-order valence-electron chi connectivity index (χ1n) is 5.86. The normalized spacial score (nSPS) is 15.2.